The molecule has 0 atom stereocenters. The fourth-order valence-electron chi connectivity index (χ4n) is 1.12. The average molecular weight is 254 g/mol. The van der Waals surface area contributed by atoms with Gasteiger partial charge in [-0.3, -0.25) is 4.79 Å². The Morgan fingerprint density at radius 1 is 1.25 bits per heavy atom. The van der Waals surface area contributed by atoms with Gasteiger partial charge in [-0.1, -0.05) is 12.1 Å². The van der Waals surface area contributed by atoms with Gasteiger partial charge in [0.25, 0.3) is 15.9 Å². The predicted molar refractivity (Wildman–Crippen MR) is 55.8 cm³/mol. The van der Waals surface area contributed by atoms with E-state index >= 15 is 0 Å². The van der Waals surface area contributed by atoms with Gasteiger partial charge in [-0.25, -0.2) is 13.1 Å². The minimum absolute atomic E-state index is 0. The molecule has 1 aliphatic heterocycles. The second-order valence-corrected chi connectivity index (χ2v) is 4.16. The molecule has 1 amide bonds. The summed E-state index contributed by atoms with van der Waals surface area (Å²) in [4.78, 5) is 19.2. The van der Waals surface area contributed by atoms with Crippen LogP contribution in [0.5, 0.6) is 0 Å². The summed E-state index contributed by atoms with van der Waals surface area (Å²) >= 11 is 0. The number of fused-ring (bicyclic) bond motifs is 1. The number of carbonyl (C=O) groups excluding carboxylic acids is 1. The first-order chi connectivity index (χ1) is 7.03. The number of sulfonamides is 1. The summed E-state index contributed by atoms with van der Waals surface area (Å²) in [5, 5.41) is 7.89. The van der Waals surface area contributed by atoms with E-state index in [2.05, 4.69) is 0 Å². The van der Waals surface area contributed by atoms with Crippen LogP contribution in [-0.2, 0) is 10.0 Å². The van der Waals surface area contributed by atoms with E-state index in [1.165, 1.54) is 17.5 Å². The number of nitrogens with zero attached hydrogens (tertiary/aromatic N) is 1. The molecule has 0 saturated heterocycles. The van der Waals surface area contributed by atoms with Gasteiger partial charge in [-0.2, -0.15) is 0 Å². The molecule has 0 bridgehead atoms. The van der Waals surface area contributed by atoms with Gasteiger partial charge in [0.2, 0.25) is 0 Å². The van der Waals surface area contributed by atoms with Gasteiger partial charge in [-0.15, -0.1) is 4.91 Å². The third-order valence-corrected chi connectivity index (χ3v) is 3.04. The molecule has 0 fully saturated rings. The van der Waals surface area contributed by atoms with Crippen LogP contribution in [-0.4, -0.2) is 49.1 Å². The van der Waals surface area contributed by atoms with Crippen molar-refractivity contribution in [1.29, 1.82) is 0 Å². The van der Waals surface area contributed by atoms with Crippen LogP contribution < -0.4 is 4.72 Å². The van der Waals surface area contributed by atoms with Gasteiger partial charge in [0.15, 0.2) is 5.34 Å². The Hall–Kier alpha value is -0.960. The first kappa shape index (κ1) is 15.0. The molecule has 0 spiro atoms. The topological polar surface area (TPSA) is 113 Å². The second-order valence-electron chi connectivity index (χ2n) is 2.51. The number of hydrogen-bond donors (Lipinski definition) is 2. The van der Waals surface area contributed by atoms with Gasteiger partial charge in [0, 0.05) is 0 Å². The summed E-state index contributed by atoms with van der Waals surface area (Å²) in [7, 11) is -3.55. The maximum absolute atomic E-state index is 11.1. The van der Waals surface area contributed by atoms with Crippen molar-refractivity contribution in [2.75, 3.05) is 0 Å². The van der Waals surface area contributed by atoms with Crippen LogP contribution in [0, 0.1) is 4.91 Å². The van der Waals surface area contributed by atoms with E-state index in [0.717, 1.165) is 0 Å². The summed E-state index contributed by atoms with van der Waals surface area (Å²) in [6.45, 7) is 0. The molecular formula is C7H7N2NaO5S. The number of amides is 1. The van der Waals surface area contributed by atoms with E-state index in [-0.39, 0.29) is 40.0 Å². The van der Waals surface area contributed by atoms with E-state index < -0.39 is 15.9 Å². The van der Waals surface area contributed by atoms with E-state index in [4.69, 9.17) is 10.1 Å². The molecular weight excluding hydrogens is 247 g/mol. The van der Waals surface area contributed by atoms with Gasteiger partial charge in [0.1, 0.15) is 4.90 Å². The first-order valence-corrected chi connectivity index (χ1v) is 5.14. The number of rotatable bonds is 0. The van der Waals surface area contributed by atoms with Gasteiger partial charge >= 0.3 is 29.6 Å². The van der Waals surface area contributed by atoms with Crippen LogP contribution in [0.25, 0.3) is 0 Å². The summed E-state index contributed by atoms with van der Waals surface area (Å²) in [5.74, 6) is -0.550. The van der Waals surface area contributed by atoms with Crippen LogP contribution in [0.15, 0.2) is 34.5 Å². The molecule has 0 aliphatic carbocycles. The normalized spacial score (nSPS) is 14.6. The van der Waals surface area contributed by atoms with Crippen LogP contribution >= 0.6 is 0 Å². The summed E-state index contributed by atoms with van der Waals surface area (Å²) in [6, 6.07) is 6.09. The van der Waals surface area contributed by atoms with Gasteiger partial charge < -0.3 is 5.21 Å². The molecule has 1 heterocycles. The van der Waals surface area contributed by atoms with Crippen molar-refractivity contribution in [2.45, 2.75) is 4.90 Å². The van der Waals surface area contributed by atoms with E-state index in [1.54, 1.807) is 12.1 Å². The van der Waals surface area contributed by atoms with Crippen molar-refractivity contribution in [1.82, 2.24) is 4.72 Å². The quantitative estimate of drug-likeness (QED) is 0.372. The van der Waals surface area contributed by atoms with Crippen LogP contribution in [0.2, 0.25) is 0 Å². The number of carbonyl (C=O) groups is 1. The Labute approximate surface area is 113 Å². The monoisotopic (exact) mass is 254 g/mol. The van der Waals surface area contributed by atoms with Crippen molar-refractivity contribution >= 4 is 45.5 Å². The minimum atomic E-state index is -3.55. The van der Waals surface area contributed by atoms with Gasteiger partial charge in [0.05, 0.1) is 5.56 Å². The molecule has 1 aromatic carbocycles. The van der Waals surface area contributed by atoms with Crippen molar-refractivity contribution in [3.8, 4) is 0 Å². The molecule has 0 radical (unpaired) electrons. The zero-order valence-corrected chi connectivity index (χ0v) is 8.06. The third kappa shape index (κ3) is 3.01. The van der Waals surface area contributed by atoms with Crippen LogP contribution in [0.3, 0.4) is 0 Å². The molecule has 7 nitrogen and oxygen atoms in total. The molecule has 0 unspecified atom stereocenters. The molecule has 0 aromatic heterocycles. The number of nitrogens with one attached hydrogen (secondary N) is 1. The van der Waals surface area contributed by atoms with Crippen LogP contribution in [0.1, 0.15) is 10.4 Å². The Balaban J connectivity index is 0.000000511. The zero-order chi connectivity index (χ0) is 11.5. The number of benzene rings is 1. The van der Waals surface area contributed by atoms with Crippen molar-refractivity contribution in [2.24, 2.45) is 5.34 Å². The predicted octanol–water partition coefficient (Wildman–Crippen LogP) is -0.388. The van der Waals surface area contributed by atoms with Gasteiger partial charge in [-0.05, 0) is 12.1 Å². The van der Waals surface area contributed by atoms with Crippen molar-refractivity contribution in [3.63, 3.8) is 0 Å². The molecule has 16 heavy (non-hydrogen) atoms. The van der Waals surface area contributed by atoms with E-state index in [9.17, 15) is 13.2 Å². The molecule has 2 N–H and O–H groups in total. The third-order valence-electron chi connectivity index (χ3n) is 1.65. The molecule has 2 rings (SSSR count). The fraction of sp³-hybridized carbons (Fsp3) is 0. The standard InChI is InChI=1S/C7H5NO3S.HNO2.Na.H/c9-7-5-3-1-2-4-6(5)12(10,11)8-7;2-1-3;;/h1-4H,(H,8,9);(H,2,3);;. The Bertz CT molecular complexity index is 501. The Morgan fingerprint density at radius 2 is 1.75 bits per heavy atom. The molecule has 0 saturated carbocycles. The summed E-state index contributed by atoms with van der Waals surface area (Å²) in [5.41, 5.74) is 0.220. The number of hydrogen-bond acceptors (Lipinski definition) is 5. The van der Waals surface area contributed by atoms with E-state index in [1.807, 2.05) is 4.72 Å². The molecule has 82 valence electrons. The van der Waals surface area contributed by atoms with Crippen molar-refractivity contribution in [3.05, 3.63) is 34.7 Å². The molecule has 9 heteroatoms. The average Bonchev–Trinajstić information content (AvgIpc) is 2.40. The summed E-state index contributed by atoms with van der Waals surface area (Å²) < 4.78 is 24.2. The SMILES string of the molecule is O=C1NS(=O)(=O)c2ccccc21.O=NO.[NaH]. The second kappa shape index (κ2) is 5.94. The maximum atomic E-state index is 11.1. The van der Waals surface area contributed by atoms with Crippen LogP contribution in [0.4, 0.5) is 0 Å². The molecule has 1 aliphatic rings. The Morgan fingerprint density at radius 3 is 2.25 bits per heavy atom. The zero-order valence-electron chi connectivity index (χ0n) is 7.25. The Kier molecular flexibility index (Phi) is 5.59. The fourth-order valence-corrected chi connectivity index (χ4v) is 2.29. The first-order valence-electron chi connectivity index (χ1n) is 3.66. The molecule has 1 aromatic rings. The van der Waals surface area contributed by atoms with E-state index in [0.29, 0.717) is 0 Å². The summed E-state index contributed by atoms with van der Waals surface area (Å²) in [6.07, 6.45) is 0. The van der Waals surface area contributed by atoms with Crippen molar-refractivity contribution < 1.29 is 18.4 Å².